The number of aryl methyl sites for hydroxylation is 1. The number of hydrogen-bond acceptors (Lipinski definition) is 5. The Morgan fingerprint density at radius 2 is 1.95 bits per heavy atom. The topological polar surface area (TPSA) is 61.6 Å². The van der Waals surface area contributed by atoms with E-state index < -0.39 is 12.3 Å². The number of carbonyl (C=O) groups excluding carboxylic acids is 1. The van der Waals surface area contributed by atoms with Crippen LogP contribution in [-0.2, 0) is 11.3 Å². The number of hydrogen-bond donors (Lipinski definition) is 0. The summed E-state index contributed by atoms with van der Waals surface area (Å²) in [5.41, 5.74) is 1.05. The van der Waals surface area contributed by atoms with Crippen LogP contribution in [0.4, 0.5) is 13.2 Å². The first-order chi connectivity index (χ1) is 9.85. The third-order valence-corrected chi connectivity index (χ3v) is 2.46. The van der Waals surface area contributed by atoms with Gasteiger partial charge < -0.3 is 14.0 Å². The molecule has 0 unspecified atom stereocenters. The molecule has 0 atom stereocenters. The molecule has 0 amide bonds. The highest BCUT2D eigenvalue weighted by atomic mass is 19.4. The van der Waals surface area contributed by atoms with Gasteiger partial charge in [-0.05, 0) is 24.6 Å². The van der Waals surface area contributed by atoms with Crippen LogP contribution in [-0.4, -0.2) is 17.5 Å². The highest BCUT2D eigenvalue weighted by Gasteiger charge is 2.30. The molecule has 2 rings (SSSR count). The summed E-state index contributed by atoms with van der Waals surface area (Å²) in [6.45, 7) is 1.53. The summed E-state index contributed by atoms with van der Waals surface area (Å²) < 4.78 is 49.4. The first-order valence-corrected chi connectivity index (χ1v) is 5.78. The number of ether oxygens (including phenoxy) is 2. The van der Waals surface area contributed by atoms with Gasteiger partial charge in [0, 0.05) is 5.56 Å². The van der Waals surface area contributed by atoms with Gasteiger partial charge in [-0.15, -0.1) is 13.2 Å². The zero-order valence-corrected chi connectivity index (χ0v) is 10.8. The monoisotopic (exact) mass is 301 g/mol. The molecule has 0 aliphatic rings. The molecule has 0 saturated heterocycles. The number of rotatable bonds is 4. The van der Waals surface area contributed by atoms with Gasteiger partial charge in [0.1, 0.15) is 12.4 Å². The minimum absolute atomic E-state index is 0.00738. The van der Waals surface area contributed by atoms with E-state index in [1.54, 1.807) is 6.92 Å². The largest absolute Gasteiger partial charge is 0.573 e. The number of halogens is 3. The third-order valence-electron chi connectivity index (χ3n) is 2.46. The Labute approximate surface area is 117 Å². The van der Waals surface area contributed by atoms with Crippen molar-refractivity contribution in [1.82, 2.24) is 5.16 Å². The molecule has 1 aromatic heterocycles. The summed E-state index contributed by atoms with van der Waals surface area (Å²) in [5.74, 6) is -1.05. The summed E-state index contributed by atoms with van der Waals surface area (Å²) >= 11 is 0. The molecule has 5 nitrogen and oxygen atoms in total. The molecule has 0 aliphatic carbocycles. The maximum absolute atomic E-state index is 12.0. The van der Waals surface area contributed by atoms with E-state index in [0.717, 1.165) is 12.1 Å². The summed E-state index contributed by atoms with van der Waals surface area (Å²) in [7, 11) is 0. The van der Waals surface area contributed by atoms with Crippen LogP contribution in [0, 0.1) is 6.92 Å². The molecule has 2 aromatic rings. The molecule has 0 saturated carbocycles. The Morgan fingerprint density at radius 1 is 1.29 bits per heavy atom. The number of aromatic nitrogens is 1. The van der Waals surface area contributed by atoms with Crippen LogP contribution in [0.5, 0.6) is 5.75 Å². The lowest BCUT2D eigenvalue weighted by atomic mass is 10.2. The number of carbonyl (C=O) groups is 1. The Morgan fingerprint density at radius 3 is 2.48 bits per heavy atom. The van der Waals surface area contributed by atoms with Crippen LogP contribution in [0.2, 0.25) is 0 Å². The Hall–Kier alpha value is -2.51. The molecule has 0 bridgehead atoms. The predicted octanol–water partition coefficient (Wildman–Crippen LogP) is 3.24. The molecule has 0 fully saturated rings. The van der Waals surface area contributed by atoms with Crippen molar-refractivity contribution in [1.29, 1.82) is 0 Å². The zero-order valence-electron chi connectivity index (χ0n) is 10.8. The van der Waals surface area contributed by atoms with E-state index in [2.05, 4.69) is 9.89 Å². The summed E-state index contributed by atoms with van der Waals surface area (Å²) in [6, 6.07) is 5.00. The molecule has 8 heteroatoms. The van der Waals surface area contributed by atoms with Gasteiger partial charge in [0.2, 0.25) is 5.76 Å². The number of nitrogens with zero attached hydrogens (tertiary/aromatic N) is 1. The lowest BCUT2D eigenvalue weighted by Gasteiger charge is -2.09. The fraction of sp³-hybridized carbons (Fsp3) is 0.231. The van der Waals surface area contributed by atoms with E-state index in [-0.39, 0.29) is 18.1 Å². The van der Waals surface area contributed by atoms with Gasteiger partial charge in [0.05, 0.1) is 6.20 Å². The van der Waals surface area contributed by atoms with Crippen LogP contribution in [0.3, 0.4) is 0 Å². The molecule has 112 valence electrons. The van der Waals surface area contributed by atoms with E-state index >= 15 is 0 Å². The van der Waals surface area contributed by atoms with Gasteiger partial charge in [0.15, 0.2) is 0 Å². The van der Waals surface area contributed by atoms with Crippen molar-refractivity contribution in [2.75, 3.05) is 0 Å². The maximum Gasteiger partial charge on any atom is 0.573 e. The molecule has 0 N–H and O–H groups in total. The lowest BCUT2D eigenvalue weighted by Crippen LogP contribution is -2.17. The van der Waals surface area contributed by atoms with Crippen LogP contribution >= 0.6 is 0 Å². The second-order valence-corrected chi connectivity index (χ2v) is 4.11. The highest BCUT2D eigenvalue weighted by Crippen LogP contribution is 2.23. The smallest absolute Gasteiger partial charge is 0.455 e. The Bertz CT molecular complexity index is 619. The molecule has 0 radical (unpaired) electrons. The first kappa shape index (κ1) is 14.9. The van der Waals surface area contributed by atoms with E-state index in [9.17, 15) is 18.0 Å². The standard InChI is InChI=1S/C13H10F3NO4/c1-8-6-17-21-11(8)12(18)19-7-9-2-4-10(5-3-9)20-13(14,15)16/h2-6H,7H2,1H3. The fourth-order valence-corrected chi connectivity index (χ4v) is 1.49. The van der Waals surface area contributed by atoms with E-state index in [0.29, 0.717) is 11.1 Å². The predicted molar refractivity (Wildman–Crippen MR) is 63.5 cm³/mol. The van der Waals surface area contributed by atoms with Gasteiger partial charge in [-0.3, -0.25) is 0 Å². The number of alkyl halides is 3. The van der Waals surface area contributed by atoms with Crippen LogP contribution in [0.15, 0.2) is 35.0 Å². The van der Waals surface area contributed by atoms with Crippen molar-refractivity contribution < 1.29 is 32.0 Å². The average Bonchev–Trinajstić information content (AvgIpc) is 2.82. The second-order valence-electron chi connectivity index (χ2n) is 4.11. The minimum atomic E-state index is -4.74. The molecule has 1 aromatic carbocycles. The maximum atomic E-state index is 12.0. The van der Waals surface area contributed by atoms with Crippen molar-refractivity contribution in [3.05, 3.63) is 47.3 Å². The Balaban J connectivity index is 1.92. The summed E-state index contributed by atoms with van der Waals surface area (Å²) in [6.07, 6.45) is -3.36. The highest BCUT2D eigenvalue weighted by molar-refractivity contribution is 5.87. The van der Waals surface area contributed by atoms with Crippen molar-refractivity contribution in [2.24, 2.45) is 0 Å². The van der Waals surface area contributed by atoms with E-state index in [1.165, 1.54) is 18.3 Å². The summed E-state index contributed by atoms with van der Waals surface area (Å²) in [4.78, 5) is 11.6. The van der Waals surface area contributed by atoms with Crippen molar-refractivity contribution in [2.45, 2.75) is 19.9 Å². The molecule has 0 aliphatic heterocycles. The third kappa shape index (κ3) is 4.23. The SMILES string of the molecule is Cc1cnoc1C(=O)OCc1ccc(OC(F)(F)F)cc1. The number of benzene rings is 1. The molecular formula is C13H10F3NO4. The van der Waals surface area contributed by atoms with E-state index in [1.807, 2.05) is 0 Å². The van der Waals surface area contributed by atoms with Crippen molar-refractivity contribution in [3.63, 3.8) is 0 Å². The van der Waals surface area contributed by atoms with Crippen molar-refractivity contribution >= 4 is 5.97 Å². The Kier molecular flexibility index (Phi) is 4.15. The van der Waals surface area contributed by atoms with Crippen LogP contribution in [0.1, 0.15) is 21.7 Å². The first-order valence-electron chi connectivity index (χ1n) is 5.78. The lowest BCUT2D eigenvalue weighted by molar-refractivity contribution is -0.274. The molecule has 0 spiro atoms. The van der Waals surface area contributed by atoms with Crippen LogP contribution in [0.25, 0.3) is 0 Å². The molecular weight excluding hydrogens is 291 g/mol. The second kappa shape index (κ2) is 5.86. The van der Waals surface area contributed by atoms with Crippen molar-refractivity contribution in [3.8, 4) is 5.75 Å². The molecule has 1 heterocycles. The minimum Gasteiger partial charge on any atom is -0.455 e. The fourth-order valence-electron chi connectivity index (χ4n) is 1.49. The summed E-state index contributed by atoms with van der Waals surface area (Å²) in [5, 5.41) is 3.44. The zero-order chi connectivity index (χ0) is 15.5. The van der Waals surface area contributed by atoms with Gasteiger partial charge in [-0.1, -0.05) is 17.3 Å². The normalized spacial score (nSPS) is 11.2. The van der Waals surface area contributed by atoms with Gasteiger partial charge in [-0.2, -0.15) is 0 Å². The van der Waals surface area contributed by atoms with Gasteiger partial charge in [0.25, 0.3) is 0 Å². The quantitative estimate of drug-likeness (QED) is 0.811. The van der Waals surface area contributed by atoms with Gasteiger partial charge in [-0.25, -0.2) is 4.79 Å². The van der Waals surface area contributed by atoms with E-state index in [4.69, 9.17) is 9.26 Å². The van der Waals surface area contributed by atoms with Crippen LogP contribution < -0.4 is 4.74 Å². The number of esters is 1. The van der Waals surface area contributed by atoms with Gasteiger partial charge >= 0.3 is 12.3 Å². The average molecular weight is 301 g/mol. The molecule has 21 heavy (non-hydrogen) atoms.